The molecule has 1 aliphatic carbocycles. The summed E-state index contributed by atoms with van der Waals surface area (Å²) in [7, 11) is 1.92. The quantitative estimate of drug-likeness (QED) is 0.444. The molecule has 3 aromatic rings. The molecule has 5 rings (SSSR count). The lowest BCUT2D eigenvalue weighted by Crippen LogP contribution is -2.49. The van der Waals surface area contributed by atoms with Crippen molar-refractivity contribution in [3.8, 4) is 0 Å². The second-order valence-electron chi connectivity index (χ2n) is 10.8. The predicted octanol–water partition coefficient (Wildman–Crippen LogP) is 5.43. The van der Waals surface area contributed by atoms with E-state index in [1.54, 1.807) is 25.4 Å². The van der Waals surface area contributed by atoms with E-state index in [4.69, 9.17) is 0 Å². The van der Waals surface area contributed by atoms with E-state index in [9.17, 15) is 4.79 Å². The smallest absolute Gasteiger partial charge is 0.219 e. The van der Waals surface area contributed by atoms with Crippen molar-refractivity contribution in [1.82, 2.24) is 19.8 Å². The molecule has 2 aliphatic rings. The minimum atomic E-state index is -0.151. The number of para-hydroxylation sites is 1. The van der Waals surface area contributed by atoms with Gasteiger partial charge in [-0.25, -0.2) is 9.37 Å². The number of fused-ring (bicyclic) bond motifs is 1. The summed E-state index contributed by atoms with van der Waals surface area (Å²) in [6.45, 7) is 6.34. The number of carbonyl (C=O) groups is 1. The Morgan fingerprint density at radius 1 is 1.08 bits per heavy atom. The number of likely N-dealkylation sites (N-methyl/N-ethyl adjacent to an activating group) is 1. The Bertz CT molecular complexity index is 1180. The van der Waals surface area contributed by atoms with Crippen LogP contribution < -0.4 is 4.90 Å². The molecule has 1 saturated heterocycles. The zero-order valence-corrected chi connectivity index (χ0v) is 22.2. The standard InChI is InChI=1S/C30H40FN5O/c1-22(37)34(2)30(23-9-4-3-5-10-23)25(24-11-6-7-12-26(24)31)15-16-35-17-19-36(20-18-35)28-14-8-13-27-29(28)33-21-32-27/h6-8,11-14,21,23,25,30H,3-5,9-10,15-20H2,1-2H3,(H,32,33). The molecule has 6 nitrogen and oxygen atoms in total. The summed E-state index contributed by atoms with van der Waals surface area (Å²) in [5.74, 6) is 0.313. The van der Waals surface area contributed by atoms with E-state index in [0.717, 1.165) is 68.6 Å². The van der Waals surface area contributed by atoms with E-state index in [-0.39, 0.29) is 23.7 Å². The van der Waals surface area contributed by atoms with Crippen LogP contribution >= 0.6 is 0 Å². The molecule has 2 atom stereocenters. The highest BCUT2D eigenvalue weighted by Crippen LogP contribution is 2.39. The van der Waals surface area contributed by atoms with Gasteiger partial charge in [-0.1, -0.05) is 43.5 Å². The van der Waals surface area contributed by atoms with Crippen LogP contribution in [0, 0.1) is 11.7 Å². The summed E-state index contributed by atoms with van der Waals surface area (Å²) in [4.78, 5) is 27.2. The van der Waals surface area contributed by atoms with Gasteiger partial charge in [0.2, 0.25) is 5.91 Å². The molecule has 37 heavy (non-hydrogen) atoms. The van der Waals surface area contributed by atoms with Gasteiger partial charge in [-0.2, -0.15) is 0 Å². The second-order valence-corrected chi connectivity index (χ2v) is 10.8. The van der Waals surface area contributed by atoms with E-state index in [2.05, 4.69) is 38.0 Å². The van der Waals surface area contributed by atoms with Gasteiger partial charge in [0.15, 0.2) is 0 Å². The third-order valence-electron chi connectivity index (χ3n) is 8.69. The molecule has 1 N–H and O–H groups in total. The van der Waals surface area contributed by atoms with Crippen molar-refractivity contribution in [2.75, 3.05) is 44.7 Å². The molecule has 0 radical (unpaired) electrons. The van der Waals surface area contributed by atoms with E-state index in [1.165, 1.54) is 24.9 Å². The van der Waals surface area contributed by atoms with Crippen LogP contribution in [0.15, 0.2) is 48.8 Å². The Labute approximate surface area is 219 Å². The number of carbonyl (C=O) groups excluding carboxylic acids is 1. The van der Waals surface area contributed by atoms with Gasteiger partial charge in [-0.3, -0.25) is 9.69 Å². The van der Waals surface area contributed by atoms with Crippen LogP contribution in [0.25, 0.3) is 11.0 Å². The van der Waals surface area contributed by atoms with Crippen LogP contribution in [-0.2, 0) is 4.79 Å². The summed E-state index contributed by atoms with van der Waals surface area (Å²) >= 11 is 0. The molecule has 2 unspecified atom stereocenters. The lowest BCUT2D eigenvalue weighted by atomic mass is 9.74. The van der Waals surface area contributed by atoms with Gasteiger partial charge in [0, 0.05) is 52.1 Å². The lowest BCUT2D eigenvalue weighted by molar-refractivity contribution is -0.131. The number of hydrogen-bond donors (Lipinski definition) is 1. The molecule has 2 fully saturated rings. The SMILES string of the molecule is CC(=O)N(C)C(C1CCCCC1)C(CCN1CCN(c2cccc3[nH]cnc23)CC1)c1ccccc1F. The van der Waals surface area contributed by atoms with Gasteiger partial charge in [0.1, 0.15) is 11.3 Å². The minimum Gasteiger partial charge on any atom is -0.367 e. The molecular formula is C30H40FN5O. The van der Waals surface area contributed by atoms with E-state index in [0.29, 0.717) is 5.92 Å². The van der Waals surface area contributed by atoms with Crippen molar-refractivity contribution in [3.63, 3.8) is 0 Å². The zero-order chi connectivity index (χ0) is 25.8. The van der Waals surface area contributed by atoms with Crippen molar-refractivity contribution < 1.29 is 9.18 Å². The van der Waals surface area contributed by atoms with Crippen LogP contribution in [0.2, 0.25) is 0 Å². The molecule has 1 aromatic heterocycles. The van der Waals surface area contributed by atoms with Crippen LogP contribution in [0.1, 0.15) is 56.9 Å². The Kier molecular flexibility index (Phi) is 8.08. The predicted molar refractivity (Wildman–Crippen MR) is 147 cm³/mol. The molecular weight excluding hydrogens is 465 g/mol. The molecule has 2 aromatic carbocycles. The maximum atomic E-state index is 15.2. The first-order valence-electron chi connectivity index (χ1n) is 13.9. The largest absolute Gasteiger partial charge is 0.367 e. The summed E-state index contributed by atoms with van der Waals surface area (Å²) in [6.07, 6.45) is 8.48. The van der Waals surface area contributed by atoms with Gasteiger partial charge in [0.05, 0.1) is 17.5 Å². The molecule has 1 aliphatic heterocycles. The van der Waals surface area contributed by atoms with Crippen LogP contribution in [0.5, 0.6) is 0 Å². The average Bonchev–Trinajstić information content (AvgIpc) is 3.41. The molecule has 0 bridgehead atoms. The lowest BCUT2D eigenvalue weighted by Gasteiger charge is -2.43. The first-order chi connectivity index (χ1) is 18.0. The van der Waals surface area contributed by atoms with Crippen molar-refractivity contribution in [2.45, 2.75) is 57.4 Å². The normalized spacial score (nSPS) is 19.2. The van der Waals surface area contributed by atoms with Gasteiger partial charge in [-0.15, -0.1) is 0 Å². The fourth-order valence-corrected chi connectivity index (χ4v) is 6.63. The number of benzene rings is 2. The molecule has 1 amide bonds. The summed E-state index contributed by atoms with van der Waals surface area (Å²) in [5, 5.41) is 0. The van der Waals surface area contributed by atoms with Crippen LogP contribution in [0.3, 0.4) is 0 Å². The minimum absolute atomic E-state index is 0.0194. The number of hydrogen-bond acceptors (Lipinski definition) is 4. The first kappa shape index (κ1) is 25.7. The number of aromatic amines is 1. The van der Waals surface area contributed by atoms with Gasteiger partial charge >= 0.3 is 0 Å². The number of H-pyrrole nitrogens is 1. The topological polar surface area (TPSA) is 55.5 Å². The highest BCUT2D eigenvalue weighted by molar-refractivity contribution is 5.88. The number of rotatable bonds is 8. The average molecular weight is 506 g/mol. The number of imidazole rings is 1. The molecule has 1 saturated carbocycles. The summed E-state index contributed by atoms with van der Waals surface area (Å²) in [5.41, 5.74) is 4.03. The third kappa shape index (κ3) is 5.66. The molecule has 198 valence electrons. The Morgan fingerprint density at radius 2 is 1.84 bits per heavy atom. The number of aromatic nitrogens is 2. The number of halogens is 1. The van der Waals surface area contributed by atoms with E-state index in [1.807, 2.05) is 24.1 Å². The number of anilines is 1. The maximum Gasteiger partial charge on any atom is 0.219 e. The number of piperazine rings is 1. The fraction of sp³-hybridized carbons (Fsp3) is 0.533. The van der Waals surface area contributed by atoms with Gasteiger partial charge in [0.25, 0.3) is 0 Å². The molecule has 7 heteroatoms. The highest BCUT2D eigenvalue weighted by Gasteiger charge is 2.37. The fourth-order valence-electron chi connectivity index (χ4n) is 6.63. The number of amides is 1. The van der Waals surface area contributed by atoms with Crippen molar-refractivity contribution >= 4 is 22.6 Å². The van der Waals surface area contributed by atoms with Crippen molar-refractivity contribution in [3.05, 3.63) is 60.2 Å². The second kappa shape index (κ2) is 11.6. The Morgan fingerprint density at radius 3 is 2.57 bits per heavy atom. The Hall–Kier alpha value is -2.93. The van der Waals surface area contributed by atoms with Crippen molar-refractivity contribution in [2.24, 2.45) is 5.92 Å². The van der Waals surface area contributed by atoms with Gasteiger partial charge < -0.3 is 14.8 Å². The highest BCUT2D eigenvalue weighted by atomic mass is 19.1. The van der Waals surface area contributed by atoms with Crippen LogP contribution in [0.4, 0.5) is 10.1 Å². The van der Waals surface area contributed by atoms with Gasteiger partial charge in [-0.05, 0) is 55.5 Å². The molecule has 2 heterocycles. The number of nitrogens with zero attached hydrogens (tertiary/aromatic N) is 4. The third-order valence-corrected chi connectivity index (χ3v) is 8.69. The Balaban J connectivity index is 1.31. The van der Waals surface area contributed by atoms with E-state index >= 15 is 4.39 Å². The first-order valence-corrected chi connectivity index (χ1v) is 13.9. The maximum absolute atomic E-state index is 15.2. The van der Waals surface area contributed by atoms with Crippen molar-refractivity contribution in [1.29, 1.82) is 0 Å². The number of nitrogens with one attached hydrogen (secondary N) is 1. The summed E-state index contributed by atoms with van der Waals surface area (Å²) in [6, 6.07) is 13.5. The van der Waals surface area contributed by atoms with Crippen LogP contribution in [-0.4, -0.2) is 71.5 Å². The monoisotopic (exact) mass is 505 g/mol. The zero-order valence-electron chi connectivity index (χ0n) is 22.2. The molecule has 0 spiro atoms. The van der Waals surface area contributed by atoms with E-state index < -0.39 is 0 Å². The summed E-state index contributed by atoms with van der Waals surface area (Å²) < 4.78 is 15.2.